The van der Waals surface area contributed by atoms with Gasteiger partial charge in [-0.2, -0.15) is 0 Å². The van der Waals surface area contributed by atoms with Crippen molar-refractivity contribution in [2.45, 2.75) is 25.3 Å². The zero-order valence-corrected chi connectivity index (χ0v) is 17.3. The summed E-state index contributed by atoms with van der Waals surface area (Å²) in [6, 6.07) is 0.675. The fourth-order valence-electron chi connectivity index (χ4n) is 6.92. The molecule has 8 atom stereocenters. The van der Waals surface area contributed by atoms with Gasteiger partial charge in [0, 0.05) is 20.8 Å². The molecule has 0 radical (unpaired) electrons. The van der Waals surface area contributed by atoms with Gasteiger partial charge in [0.05, 0.1) is 18.8 Å². The van der Waals surface area contributed by atoms with E-state index in [0.717, 1.165) is 12.8 Å². The maximum absolute atomic E-state index is 12.0. The Balaban J connectivity index is 1.32. The molecule has 7 heteroatoms. The SMILES string of the molecule is CO[Si](CO)(CCCOCC1C2CC(C1C(=O)O)C1C3C=CC(C3)C21)OC. The van der Waals surface area contributed by atoms with Crippen LogP contribution in [0.4, 0.5) is 0 Å². The summed E-state index contributed by atoms with van der Waals surface area (Å²) >= 11 is 0. The van der Waals surface area contributed by atoms with Crippen molar-refractivity contribution in [3.8, 4) is 0 Å². The van der Waals surface area contributed by atoms with Gasteiger partial charge in [0.1, 0.15) is 0 Å². The largest absolute Gasteiger partial charge is 0.481 e. The van der Waals surface area contributed by atoms with Gasteiger partial charge in [-0.3, -0.25) is 4.79 Å². The molecule has 0 heterocycles. The first-order chi connectivity index (χ1) is 13.0. The van der Waals surface area contributed by atoms with Gasteiger partial charge in [0.25, 0.3) is 0 Å². The molecule has 0 saturated heterocycles. The lowest BCUT2D eigenvalue weighted by Gasteiger charge is -2.40. The minimum absolute atomic E-state index is 0.0629. The van der Waals surface area contributed by atoms with Crippen LogP contribution in [0.5, 0.6) is 0 Å². The molecule has 0 amide bonds. The molecule has 4 aliphatic carbocycles. The Morgan fingerprint density at radius 3 is 2.37 bits per heavy atom. The first-order valence-corrected chi connectivity index (χ1v) is 12.5. The monoisotopic (exact) mass is 396 g/mol. The van der Waals surface area contributed by atoms with Gasteiger partial charge in [-0.05, 0) is 66.7 Å². The number of carbonyl (C=O) groups is 1. The molecule has 0 aromatic rings. The maximum Gasteiger partial charge on any atom is 0.364 e. The zero-order valence-electron chi connectivity index (χ0n) is 16.3. The average molecular weight is 397 g/mol. The van der Waals surface area contributed by atoms with Gasteiger partial charge >= 0.3 is 14.5 Å². The Kier molecular flexibility index (Phi) is 5.51. The third-order valence-corrected chi connectivity index (χ3v) is 11.1. The summed E-state index contributed by atoms with van der Waals surface area (Å²) in [5.74, 6) is 2.69. The van der Waals surface area contributed by atoms with E-state index in [2.05, 4.69) is 12.2 Å². The number of rotatable bonds is 10. The van der Waals surface area contributed by atoms with Crippen molar-refractivity contribution in [2.24, 2.45) is 47.3 Å². The average Bonchev–Trinajstić information content (AvgIpc) is 3.43. The van der Waals surface area contributed by atoms with Gasteiger partial charge in [-0.25, -0.2) is 0 Å². The van der Waals surface area contributed by atoms with E-state index in [0.29, 0.717) is 54.8 Å². The number of aliphatic hydroxyl groups excluding tert-OH is 1. The summed E-state index contributed by atoms with van der Waals surface area (Å²) in [7, 11) is 0.669. The molecular weight excluding hydrogens is 364 g/mol. The van der Waals surface area contributed by atoms with E-state index >= 15 is 0 Å². The summed E-state index contributed by atoms with van der Waals surface area (Å²) in [6.45, 7) is 1.10. The summed E-state index contributed by atoms with van der Waals surface area (Å²) in [5.41, 5.74) is 0. The molecule has 0 aromatic heterocycles. The molecule has 0 aliphatic heterocycles. The standard InChI is InChI=1S/C20H32O6Si/c1-24-27(11-21,25-2)7-3-6-26-10-16-14-9-15(19(16)20(22)23)18-13-5-4-12(8-13)17(14)18/h4-5,12-19,21H,3,6-11H2,1-2H3,(H,22,23). The van der Waals surface area contributed by atoms with Crippen LogP contribution in [0.3, 0.4) is 0 Å². The molecule has 2 N–H and O–H groups in total. The van der Waals surface area contributed by atoms with Crippen molar-refractivity contribution in [1.82, 2.24) is 0 Å². The number of carboxylic acids is 1. The van der Waals surface area contributed by atoms with Crippen molar-refractivity contribution >= 4 is 14.5 Å². The van der Waals surface area contributed by atoms with E-state index in [4.69, 9.17) is 13.6 Å². The topological polar surface area (TPSA) is 85.2 Å². The molecule has 6 nitrogen and oxygen atoms in total. The van der Waals surface area contributed by atoms with E-state index in [1.54, 1.807) is 14.2 Å². The molecule has 3 saturated carbocycles. The second-order valence-corrected chi connectivity index (χ2v) is 12.3. The normalized spacial score (nSPS) is 41.4. The number of aliphatic carboxylic acids is 1. The van der Waals surface area contributed by atoms with Crippen molar-refractivity contribution in [3.63, 3.8) is 0 Å². The lowest BCUT2D eigenvalue weighted by Crippen LogP contribution is -2.44. The number of ether oxygens (including phenoxy) is 1. The van der Waals surface area contributed by atoms with E-state index in [1.807, 2.05) is 0 Å². The van der Waals surface area contributed by atoms with Crippen LogP contribution >= 0.6 is 0 Å². The molecule has 152 valence electrons. The van der Waals surface area contributed by atoms with Gasteiger partial charge in [-0.1, -0.05) is 12.2 Å². The van der Waals surface area contributed by atoms with Crippen LogP contribution in [0.25, 0.3) is 0 Å². The number of hydrogen-bond acceptors (Lipinski definition) is 5. The molecule has 4 bridgehead atoms. The van der Waals surface area contributed by atoms with Crippen LogP contribution in [0, 0.1) is 47.3 Å². The quantitative estimate of drug-likeness (QED) is 0.254. The van der Waals surface area contributed by atoms with E-state index in [-0.39, 0.29) is 18.1 Å². The molecule has 8 unspecified atom stereocenters. The summed E-state index contributed by atoms with van der Waals surface area (Å²) in [6.07, 6.45) is 7.74. The van der Waals surface area contributed by atoms with Crippen LogP contribution in [0.2, 0.25) is 6.04 Å². The third kappa shape index (κ3) is 3.11. The molecule has 4 aliphatic rings. The smallest absolute Gasteiger partial charge is 0.364 e. The zero-order chi connectivity index (χ0) is 19.2. The van der Waals surface area contributed by atoms with E-state index in [1.165, 1.54) is 6.42 Å². The highest BCUT2D eigenvalue weighted by Crippen LogP contribution is 2.68. The number of hydrogen-bond donors (Lipinski definition) is 2. The third-order valence-electron chi connectivity index (χ3n) is 8.02. The fourth-order valence-corrected chi connectivity index (χ4v) is 8.59. The molecule has 4 rings (SSSR count). The minimum atomic E-state index is -2.50. The first kappa shape index (κ1) is 19.6. The van der Waals surface area contributed by atoms with Gasteiger partial charge in [-0.15, -0.1) is 0 Å². The lowest BCUT2D eigenvalue weighted by molar-refractivity contribution is -0.149. The number of fused-ring (bicyclic) bond motifs is 9. The summed E-state index contributed by atoms with van der Waals surface area (Å²) < 4.78 is 16.8. The molecular formula is C20H32O6Si. The second kappa shape index (κ2) is 7.59. The summed E-state index contributed by atoms with van der Waals surface area (Å²) in [4.78, 5) is 12.0. The molecule has 0 aromatic carbocycles. The van der Waals surface area contributed by atoms with Crippen molar-refractivity contribution in [1.29, 1.82) is 0 Å². The van der Waals surface area contributed by atoms with E-state index < -0.39 is 14.5 Å². The Hall–Kier alpha value is -0.733. The predicted molar refractivity (Wildman–Crippen MR) is 101 cm³/mol. The van der Waals surface area contributed by atoms with Crippen LogP contribution < -0.4 is 0 Å². The van der Waals surface area contributed by atoms with Crippen LogP contribution in [0.15, 0.2) is 12.2 Å². The highest BCUT2D eigenvalue weighted by Gasteiger charge is 2.66. The predicted octanol–water partition coefficient (Wildman–Crippen LogP) is 2.06. The molecule has 27 heavy (non-hydrogen) atoms. The van der Waals surface area contributed by atoms with Crippen molar-refractivity contribution in [2.75, 3.05) is 33.7 Å². The van der Waals surface area contributed by atoms with Gasteiger partial charge in [0.2, 0.25) is 0 Å². The Morgan fingerprint density at radius 2 is 1.78 bits per heavy atom. The highest BCUT2D eigenvalue weighted by molar-refractivity contribution is 6.67. The number of allylic oxidation sites excluding steroid dienone is 2. The number of carboxylic acid groups (broad SMARTS) is 1. The molecule has 3 fully saturated rings. The van der Waals surface area contributed by atoms with Crippen molar-refractivity contribution < 1.29 is 28.6 Å². The van der Waals surface area contributed by atoms with Crippen LogP contribution in [0.1, 0.15) is 19.3 Å². The Morgan fingerprint density at radius 1 is 1.11 bits per heavy atom. The first-order valence-electron chi connectivity index (χ1n) is 10.2. The fraction of sp³-hybridized carbons (Fsp3) is 0.850. The Labute approximate surface area is 162 Å². The van der Waals surface area contributed by atoms with Crippen LogP contribution in [-0.4, -0.2) is 58.4 Å². The minimum Gasteiger partial charge on any atom is -0.481 e. The van der Waals surface area contributed by atoms with Gasteiger partial charge < -0.3 is 23.8 Å². The van der Waals surface area contributed by atoms with E-state index in [9.17, 15) is 15.0 Å². The summed E-state index contributed by atoms with van der Waals surface area (Å²) in [5, 5.41) is 19.4. The lowest BCUT2D eigenvalue weighted by atomic mass is 9.65. The number of aliphatic hydroxyl groups is 1. The molecule has 0 spiro atoms. The maximum atomic E-state index is 12.0. The van der Waals surface area contributed by atoms with Crippen molar-refractivity contribution in [3.05, 3.63) is 12.2 Å². The highest BCUT2D eigenvalue weighted by atomic mass is 28.4. The van der Waals surface area contributed by atoms with Gasteiger partial charge in [0.15, 0.2) is 0 Å². The Bertz CT molecular complexity index is 583. The second-order valence-electron chi connectivity index (χ2n) is 8.85. The van der Waals surface area contributed by atoms with Crippen LogP contribution in [-0.2, 0) is 18.4 Å².